The Hall–Kier alpha value is -2.05. The number of hydrogen-bond donors (Lipinski definition) is 1. The van der Waals surface area contributed by atoms with Crippen LogP contribution in [0.5, 0.6) is 0 Å². The van der Waals surface area contributed by atoms with Gasteiger partial charge in [0, 0.05) is 17.2 Å². The van der Waals surface area contributed by atoms with Crippen molar-refractivity contribution in [3.63, 3.8) is 0 Å². The Morgan fingerprint density at radius 3 is 2.59 bits per heavy atom. The summed E-state index contributed by atoms with van der Waals surface area (Å²) in [5.74, 6) is 0.173. The molecule has 114 valence electrons. The zero-order valence-electron chi connectivity index (χ0n) is 11.5. The fourth-order valence-electron chi connectivity index (χ4n) is 1.83. The Bertz CT molecular complexity index is 680. The molecule has 0 atom stereocenters. The van der Waals surface area contributed by atoms with Crippen molar-refractivity contribution < 1.29 is 9.72 Å². The molecule has 0 aliphatic heterocycles. The lowest BCUT2D eigenvalue weighted by Crippen LogP contribution is -2.26. The Morgan fingerprint density at radius 2 is 1.91 bits per heavy atom. The predicted molar refractivity (Wildman–Crippen MR) is 87.6 cm³/mol. The number of hydrogen-bond acceptors (Lipinski definition) is 4. The molecule has 0 fully saturated rings. The number of thioether (sulfide) groups is 1. The molecule has 0 aliphatic carbocycles. The van der Waals surface area contributed by atoms with E-state index < -0.39 is 10.8 Å². The van der Waals surface area contributed by atoms with E-state index in [0.717, 1.165) is 4.90 Å². The van der Waals surface area contributed by atoms with Crippen molar-refractivity contribution >= 4 is 35.0 Å². The van der Waals surface area contributed by atoms with Crippen molar-refractivity contribution in [2.75, 3.05) is 12.3 Å². The molecule has 0 spiro atoms. The molecule has 2 rings (SSSR count). The quantitative estimate of drug-likeness (QED) is 0.377. The van der Waals surface area contributed by atoms with Crippen molar-refractivity contribution in [2.24, 2.45) is 0 Å². The van der Waals surface area contributed by atoms with Crippen LogP contribution in [0, 0.1) is 10.1 Å². The Labute approximate surface area is 136 Å². The van der Waals surface area contributed by atoms with Gasteiger partial charge < -0.3 is 5.32 Å². The lowest BCUT2D eigenvalue weighted by molar-refractivity contribution is -0.385. The van der Waals surface area contributed by atoms with E-state index in [9.17, 15) is 14.9 Å². The molecule has 0 saturated heterocycles. The number of nitrogens with zero attached hydrogens (tertiary/aromatic N) is 1. The van der Waals surface area contributed by atoms with Gasteiger partial charge in [0.1, 0.15) is 10.6 Å². The number of benzene rings is 2. The summed E-state index contributed by atoms with van der Waals surface area (Å²) in [6.07, 6.45) is 0. The highest BCUT2D eigenvalue weighted by atomic mass is 35.5. The van der Waals surface area contributed by atoms with Crippen LogP contribution >= 0.6 is 23.4 Å². The van der Waals surface area contributed by atoms with E-state index in [4.69, 9.17) is 11.6 Å². The van der Waals surface area contributed by atoms with Crippen LogP contribution < -0.4 is 5.32 Å². The molecule has 7 heteroatoms. The molecule has 0 saturated carbocycles. The topological polar surface area (TPSA) is 72.2 Å². The highest BCUT2D eigenvalue weighted by Crippen LogP contribution is 2.28. The van der Waals surface area contributed by atoms with E-state index in [-0.39, 0.29) is 16.3 Å². The van der Waals surface area contributed by atoms with Gasteiger partial charge in [-0.15, -0.1) is 11.8 Å². The number of halogens is 1. The fourth-order valence-corrected chi connectivity index (χ4v) is 2.86. The second kappa shape index (κ2) is 7.82. The minimum atomic E-state index is -0.643. The van der Waals surface area contributed by atoms with Gasteiger partial charge in [-0.05, 0) is 24.3 Å². The van der Waals surface area contributed by atoms with E-state index in [2.05, 4.69) is 5.32 Å². The molecule has 2 aromatic rings. The Morgan fingerprint density at radius 1 is 1.18 bits per heavy atom. The highest BCUT2D eigenvalue weighted by Gasteiger charge is 2.23. The summed E-state index contributed by atoms with van der Waals surface area (Å²) in [4.78, 5) is 23.5. The van der Waals surface area contributed by atoms with E-state index in [1.165, 1.54) is 18.2 Å². The lowest BCUT2D eigenvalue weighted by Gasteiger charge is -2.06. The number of carbonyl (C=O) groups excluding carboxylic acids is 1. The van der Waals surface area contributed by atoms with E-state index >= 15 is 0 Å². The second-order valence-electron chi connectivity index (χ2n) is 4.31. The first kappa shape index (κ1) is 16.3. The molecule has 0 aromatic heterocycles. The van der Waals surface area contributed by atoms with Crippen LogP contribution in [-0.2, 0) is 0 Å². The van der Waals surface area contributed by atoms with Gasteiger partial charge in [0.05, 0.1) is 4.92 Å². The van der Waals surface area contributed by atoms with Gasteiger partial charge in [0.2, 0.25) is 0 Å². The van der Waals surface area contributed by atoms with Crippen LogP contribution in [0.1, 0.15) is 10.4 Å². The first-order chi connectivity index (χ1) is 10.6. The SMILES string of the molecule is O=C(NCCSc1ccccc1)c1cccc(Cl)c1[N+](=O)[O-]. The monoisotopic (exact) mass is 336 g/mol. The summed E-state index contributed by atoms with van der Waals surface area (Å²) in [6.45, 7) is 0.405. The van der Waals surface area contributed by atoms with E-state index in [0.29, 0.717) is 12.3 Å². The second-order valence-corrected chi connectivity index (χ2v) is 5.89. The van der Waals surface area contributed by atoms with Gasteiger partial charge in [-0.1, -0.05) is 35.9 Å². The Balaban J connectivity index is 1.93. The van der Waals surface area contributed by atoms with Crippen molar-refractivity contribution in [1.29, 1.82) is 0 Å². The summed E-state index contributed by atoms with van der Waals surface area (Å²) in [5, 5.41) is 13.6. The van der Waals surface area contributed by atoms with Crippen molar-refractivity contribution in [3.8, 4) is 0 Å². The van der Waals surface area contributed by atoms with Crippen LogP contribution in [0.2, 0.25) is 5.02 Å². The van der Waals surface area contributed by atoms with Crippen LogP contribution in [0.4, 0.5) is 5.69 Å². The summed E-state index contributed by atoms with van der Waals surface area (Å²) in [6, 6.07) is 14.1. The number of amides is 1. The maximum Gasteiger partial charge on any atom is 0.300 e. The molecule has 0 unspecified atom stereocenters. The third kappa shape index (κ3) is 4.22. The standard InChI is InChI=1S/C15H13ClN2O3S/c16-13-8-4-7-12(14(13)18(20)21)15(19)17-9-10-22-11-5-2-1-3-6-11/h1-8H,9-10H2,(H,17,19). The Kier molecular flexibility index (Phi) is 5.80. The van der Waals surface area contributed by atoms with Gasteiger partial charge in [-0.25, -0.2) is 0 Å². The molecular formula is C15H13ClN2O3S. The van der Waals surface area contributed by atoms with Gasteiger partial charge in [0.25, 0.3) is 5.91 Å². The first-order valence-electron chi connectivity index (χ1n) is 6.48. The molecule has 0 radical (unpaired) electrons. The number of para-hydroxylation sites is 1. The largest absolute Gasteiger partial charge is 0.351 e. The zero-order valence-corrected chi connectivity index (χ0v) is 13.1. The molecule has 5 nitrogen and oxygen atoms in total. The lowest BCUT2D eigenvalue weighted by atomic mass is 10.1. The minimum absolute atomic E-state index is 0.0257. The molecule has 0 aliphatic rings. The molecular weight excluding hydrogens is 324 g/mol. The fraction of sp³-hybridized carbons (Fsp3) is 0.133. The van der Waals surface area contributed by atoms with Crippen LogP contribution in [0.25, 0.3) is 0 Å². The number of nitro groups is 1. The number of rotatable bonds is 6. The summed E-state index contributed by atoms with van der Waals surface area (Å²) in [7, 11) is 0. The van der Waals surface area contributed by atoms with Crippen molar-refractivity contribution in [1.82, 2.24) is 5.32 Å². The molecule has 0 bridgehead atoms. The van der Waals surface area contributed by atoms with E-state index in [1.54, 1.807) is 11.8 Å². The van der Waals surface area contributed by atoms with Crippen LogP contribution in [0.15, 0.2) is 53.4 Å². The molecule has 0 heterocycles. The third-order valence-electron chi connectivity index (χ3n) is 2.81. The number of nitrogens with one attached hydrogen (secondary N) is 1. The van der Waals surface area contributed by atoms with Gasteiger partial charge >= 0.3 is 5.69 Å². The highest BCUT2D eigenvalue weighted by molar-refractivity contribution is 7.99. The van der Waals surface area contributed by atoms with Crippen molar-refractivity contribution in [2.45, 2.75) is 4.90 Å². The maximum absolute atomic E-state index is 12.1. The molecule has 1 amide bonds. The third-order valence-corrected chi connectivity index (χ3v) is 4.13. The van der Waals surface area contributed by atoms with Gasteiger partial charge in [-0.2, -0.15) is 0 Å². The summed E-state index contributed by atoms with van der Waals surface area (Å²) >= 11 is 7.38. The van der Waals surface area contributed by atoms with Gasteiger partial charge in [0.15, 0.2) is 0 Å². The predicted octanol–water partition coefficient (Wildman–Crippen LogP) is 3.77. The van der Waals surface area contributed by atoms with Crippen molar-refractivity contribution in [3.05, 3.63) is 69.2 Å². The maximum atomic E-state index is 12.1. The van der Waals surface area contributed by atoms with Crippen LogP contribution in [-0.4, -0.2) is 23.1 Å². The zero-order chi connectivity index (χ0) is 15.9. The molecule has 1 N–H and O–H groups in total. The number of carbonyl (C=O) groups is 1. The average molecular weight is 337 g/mol. The summed E-state index contributed by atoms with van der Waals surface area (Å²) < 4.78 is 0. The normalized spacial score (nSPS) is 10.2. The average Bonchev–Trinajstić information content (AvgIpc) is 2.51. The van der Waals surface area contributed by atoms with Gasteiger partial charge in [-0.3, -0.25) is 14.9 Å². The number of nitro benzene ring substituents is 1. The molecule has 2 aromatic carbocycles. The smallest absolute Gasteiger partial charge is 0.300 e. The minimum Gasteiger partial charge on any atom is -0.351 e. The molecule has 22 heavy (non-hydrogen) atoms. The van der Waals surface area contributed by atoms with E-state index in [1.807, 2.05) is 30.3 Å². The summed E-state index contributed by atoms with van der Waals surface area (Å²) in [5.41, 5.74) is -0.389. The first-order valence-corrected chi connectivity index (χ1v) is 7.85. The van der Waals surface area contributed by atoms with Crippen LogP contribution in [0.3, 0.4) is 0 Å².